The van der Waals surface area contributed by atoms with Crippen molar-refractivity contribution in [2.45, 2.75) is 13.8 Å². The van der Waals surface area contributed by atoms with Crippen molar-refractivity contribution in [1.82, 2.24) is 4.90 Å². The predicted octanol–water partition coefficient (Wildman–Crippen LogP) is 5.12. The molecule has 0 spiro atoms. The molecule has 2 aromatic carbocycles. The number of carbonyl (C=O) groups excluding carboxylic acids is 4. The highest BCUT2D eigenvalue weighted by molar-refractivity contribution is 8.18. The lowest BCUT2D eigenvalue weighted by molar-refractivity contribution is -0.127. The lowest BCUT2D eigenvalue weighted by Gasteiger charge is -2.12. The molecular formula is C27H24N2O7S. The summed E-state index contributed by atoms with van der Waals surface area (Å²) in [5.74, 6) is 0.0712. The van der Waals surface area contributed by atoms with Crippen molar-refractivity contribution in [3.8, 4) is 17.1 Å². The maximum Gasteiger partial charge on any atom is 0.337 e. The zero-order valence-electron chi connectivity index (χ0n) is 20.4. The Morgan fingerprint density at radius 2 is 1.84 bits per heavy atom. The van der Waals surface area contributed by atoms with Crippen LogP contribution in [0.4, 0.5) is 10.5 Å². The van der Waals surface area contributed by atoms with Crippen LogP contribution in [0.3, 0.4) is 0 Å². The van der Waals surface area contributed by atoms with Crippen LogP contribution in [0, 0.1) is 6.92 Å². The average molecular weight is 521 g/mol. The van der Waals surface area contributed by atoms with Crippen molar-refractivity contribution in [1.29, 1.82) is 0 Å². The quantitative estimate of drug-likeness (QED) is 0.322. The summed E-state index contributed by atoms with van der Waals surface area (Å²) in [6, 6.07) is 15.3. The first-order valence-corrected chi connectivity index (χ1v) is 12.2. The molecule has 0 aliphatic carbocycles. The first-order chi connectivity index (χ1) is 17.8. The Bertz CT molecular complexity index is 1390. The van der Waals surface area contributed by atoms with Gasteiger partial charge in [-0.2, -0.15) is 0 Å². The first-order valence-electron chi connectivity index (χ1n) is 11.4. The summed E-state index contributed by atoms with van der Waals surface area (Å²) >= 11 is 0.739. The molecule has 10 heteroatoms. The predicted molar refractivity (Wildman–Crippen MR) is 139 cm³/mol. The van der Waals surface area contributed by atoms with Crippen molar-refractivity contribution in [3.05, 3.63) is 76.4 Å². The van der Waals surface area contributed by atoms with Gasteiger partial charge in [-0.3, -0.25) is 19.3 Å². The van der Waals surface area contributed by atoms with Crippen LogP contribution in [-0.2, 0) is 14.3 Å². The minimum Gasteiger partial charge on any atom is -0.494 e. The van der Waals surface area contributed by atoms with Gasteiger partial charge in [-0.1, -0.05) is 6.07 Å². The van der Waals surface area contributed by atoms with Crippen molar-refractivity contribution in [2.75, 3.05) is 25.6 Å². The van der Waals surface area contributed by atoms with E-state index in [9.17, 15) is 19.2 Å². The zero-order chi connectivity index (χ0) is 26.5. The molecule has 1 fully saturated rings. The Balaban J connectivity index is 1.42. The Hall–Kier alpha value is -4.31. The Kier molecular flexibility index (Phi) is 7.78. The maximum atomic E-state index is 12.8. The number of rotatable bonds is 8. The van der Waals surface area contributed by atoms with E-state index in [1.54, 1.807) is 54.6 Å². The lowest BCUT2D eigenvalue weighted by atomic mass is 10.0. The Labute approximate surface area is 217 Å². The van der Waals surface area contributed by atoms with Gasteiger partial charge < -0.3 is 19.2 Å². The number of benzene rings is 2. The molecule has 1 aliphatic heterocycles. The monoisotopic (exact) mass is 520 g/mol. The van der Waals surface area contributed by atoms with Crippen LogP contribution in [0.1, 0.15) is 28.6 Å². The van der Waals surface area contributed by atoms with E-state index in [0.717, 1.165) is 27.8 Å². The second-order valence-corrected chi connectivity index (χ2v) is 8.99. The summed E-state index contributed by atoms with van der Waals surface area (Å²) in [5, 5.41) is 2.13. The molecule has 1 N–H and O–H groups in total. The molecule has 190 valence electrons. The Morgan fingerprint density at radius 1 is 1.08 bits per heavy atom. The number of carbonyl (C=O) groups is 4. The third-order valence-corrected chi connectivity index (χ3v) is 6.34. The van der Waals surface area contributed by atoms with Gasteiger partial charge in [-0.15, -0.1) is 0 Å². The number of hydrogen-bond acceptors (Lipinski definition) is 8. The standard InChI is InChI=1S/C27H24N2O7S/c1-4-35-19-8-6-18(7-9-19)28-24(30)15-29-25(31)23(37-27(29)33)14-20-10-12-22(36-20)21-11-5-17(13-16(21)2)26(32)34-3/h5-14H,4,15H2,1-3H3,(H,28,30)/b23-14+. The molecular weight excluding hydrogens is 496 g/mol. The molecule has 37 heavy (non-hydrogen) atoms. The number of aryl methyl sites for hydroxylation is 1. The largest absolute Gasteiger partial charge is 0.494 e. The molecule has 1 saturated heterocycles. The molecule has 1 aromatic heterocycles. The third kappa shape index (κ3) is 5.92. The summed E-state index contributed by atoms with van der Waals surface area (Å²) in [5.41, 5.74) is 2.53. The number of ether oxygens (including phenoxy) is 2. The average Bonchev–Trinajstić information content (AvgIpc) is 3.44. The number of furan rings is 1. The van der Waals surface area contributed by atoms with Gasteiger partial charge in [0, 0.05) is 17.3 Å². The van der Waals surface area contributed by atoms with E-state index in [0.29, 0.717) is 35.1 Å². The van der Waals surface area contributed by atoms with Crippen LogP contribution in [0.15, 0.2) is 63.9 Å². The molecule has 1 aliphatic rings. The molecule has 3 amide bonds. The lowest BCUT2D eigenvalue weighted by Crippen LogP contribution is -2.36. The molecule has 0 atom stereocenters. The van der Waals surface area contributed by atoms with Gasteiger partial charge in [0.15, 0.2) is 0 Å². The number of nitrogens with one attached hydrogen (secondary N) is 1. The number of esters is 1. The van der Waals surface area contributed by atoms with Gasteiger partial charge in [-0.05, 0) is 79.7 Å². The SMILES string of the molecule is CCOc1ccc(NC(=O)CN2C(=O)S/C(=C/c3ccc(-c4ccc(C(=O)OC)cc4C)o3)C2=O)cc1. The second-order valence-electron chi connectivity index (χ2n) is 8.00. The van der Waals surface area contributed by atoms with Crippen LogP contribution < -0.4 is 10.1 Å². The summed E-state index contributed by atoms with van der Waals surface area (Å²) in [6.45, 7) is 3.83. The Morgan fingerprint density at radius 3 is 2.51 bits per heavy atom. The fourth-order valence-electron chi connectivity index (χ4n) is 3.67. The number of nitrogens with zero attached hydrogens (tertiary/aromatic N) is 1. The van der Waals surface area contributed by atoms with E-state index < -0.39 is 29.6 Å². The molecule has 3 aromatic rings. The highest BCUT2D eigenvalue weighted by Crippen LogP contribution is 2.34. The molecule has 2 heterocycles. The van der Waals surface area contributed by atoms with Crippen molar-refractivity contribution >= 4 is 46.5 Å². The van der Waals surface area contributed by atoms with Crippen LogP contribution in [0.5, 0.6) is 5.75 Å². The molecule has 0 bridgehead atoms. The normalized spacial score (nSPS) is 14.2. The van der Waals surface area contributed by atoms with Crippen molar-refractivity contribution in [2.24, 2.45) is 0 Å². The topological polar surface area (TPSA) is 115 Å². The number of anilines is 1. The van der Waals surface area contributed by atoms with Crippen LogP contribution in [0.25, 0.3) is 17.4 Å². The molecule has 0 radical (unpaired) electrons. The number of methoxy groups -OCH3 is 1. The number of thioether (sulfide) groups is 1. The first kappa shape index (κ1) is 25.8. The summed E-state index contributed by atoms with van der Waals surface area (Å²) in [7, 11) is 1.32. The maximum absolute atomic E-state index is 12.8. The van der Waals surface area contributed by atoms with Crippen molar-refractivity contribution in [3.63, 3.8) is 0 Å². The smallest absolute Gasteiger partial charge is 0.337 e. The van der Waals surface area contributed by atoms with Gasteiger partial charge in [0.05, 0.1) is 24.2 Å². The van der Waals surface area contributed by atoms with Crippen LogP contribution in [-0.4, -0.2) is 48.2 Å². The third-order valence-electron chi connectivity index (χ3n) is 5.44. The van der Waals surface area contributed by atoms with Crippen LogP contribution >= 0.6 is 11.8 Å². The van der Waals surface area contributed by atoms with Gasteiger partial charge in [0.25, 0.3) is 11.1 Å². The highest BCUT2D eigenvalue weighted by Gasteiger charge is 2.36. The van der Waals surface area contributed by atoms with E-state index in [1.807, 2.05) is 13.8 Å². The van der Waals surface area contributed by atoms with E-state index in [2.05, 4.69) is 5.32 Å². The number of amides is 3. The summed E-state index contributed by atoms with van der Waals surface area (Å²) < 4.78 is 16.0. The number of imide groups is 1. The molecule has 0 unspecified atom stereocenters. The number of hydrogen-bond donors (Lipinski definition) is 1. The minimum absolute atomic E-state index is 0.150. The van der Waals surface area contributed by atoms with Gasteiger partial charge in [0.1, 0.15) is 23.8 Å². The van der Waals surface area contributed by atoms with E-state index in [4.69, 9.17) is 13.9 Å². The van der Waals surface area contributed by atoms with Gasteiger partial charge >= 0.3 is 5.97 Å². The van der Waals surface area contributed by atoms with E-state index in [-0.39, 0.29) is 4.91 Å². The van der Waals surface area contributed by atoms with Gasteiger partial charge in [-0.25, -0.2) is 4.79 Å². The van der Waals surface area contributed by atoms with Gasteiger partial charge in [0.2, 0.25) is 5.91 Å². The minimum atomic E-state index is -0.576. The summed E-state index contributed by atoms with van der Waals surface area (Å²) in [4.78, 5) is 50.5. The molecule has 0 saturated carbocycles. The zero-order valence-corrected chi connectivity index (χ0v) is 21.2. The van der Waals surface area contributed by atoms with Crippen molar-refractivity contribution < 1.29 is 33.1 Å². The fourth-order valence-corrected chi connectivity index (χ4v) is 4.49. The fraction of sp³-hybridized carbons (Fsp3) is 0.185. The second kappa shape index (κ2) is 11.2. The van der Waals surface area contributed by atoms with E-state index in [1.165, 1.54) is 13.2 Å². The highest BCUT2D eigenvalue weighted by atomic mass is 32.2. The molecule has 9 nitrogen and oxygen atoms in total. The molecule has 4 rings (SSSR count). The van der Waals surface area contributed by atoms with Crippen LogP contribution in [0.2, 0.25) is 0 Å². The van der Waals surface area contributed by atoms with E-state index >= 15 is 0 Å². The summed E-state index contributed by atoms with van der Waals surface area (Å²) in [6.07, 6.45) is 1.47.